The summed E-state index contributed by atoms with van der Waals surface area (Å²) in [5.74, 6) is -0.324. The number of hydrogen-bond donors (Lipinski definition) is 1. The van der Waals surface area contributed by atoms with Crippen LogP contribution in [-0.4, -0.2) is 10.5 Å². The van der Waals surface area contributed by atoms with E-state index in [2.05, 4.69) is 11.4 Å². The standard InChI is InChI=1S/C14H12ClN3O/c1-18-7-3-6-13(18)12(9-16)17-14(19)10-4-2-5-11(15)8-10/h2-8,12H,1H3,(H,17,19). The Kier molecular flexibility index (Phi) is 3.88. The number of benzene rings is 1. The van der Waals surface area contributed by atoms with Crippen LogP contribution < -0.4 is 5.32 Å². The lowest BCUT2D eigenvalue weighted by Gasteiger charge is -2.13. The van der Waals surface area contributed by atoms with Gasteiger partial charge < -0.3 is 9.88 Å². The first-order valence-corrected chi connectivity index (χ1v) is 6.07. The molecular weight excluding hydrogens is 262 g/mol. The van der Waals surface area contributed by atoms with E-state index in [0.717, 1.165) is 5.69 Å². The number of nitriles is 1. The highest BCUT2D eigenvalue weighted by Gasteiger charge is 2.17. The van der Waals surface area contributed by atoms with Gasteiger partial charge in [0, 0.05) is 23.8 Å². The predicted octanol–water partition coefficient (Wildman–Crippen LogP) is 2.67. The molecule has 2 rings (SSSR count). The Morgan fingerprint density at radius 3 is 2.79 bits per heavy atom. The van der Waals surface area contributed by atoms with Crippen molar-refractivity contribution in [3.8, 4) is 6.07 Å². The van der Waals surface area contributed by atoms with Crippen LogP contribution in [0.2, 0.25) is 5.02 Å². The first-order valence-electron chi connectivity index (χ1n) is 5.69. The molecule has 0 aliphatic rings. The van der Waals surface area contributed by atoms with Crippen LogP contribution in [0.1, 0.15) is 22.1 Å². The molecule has 1 heterocycles. The minimum atomic E-state index is -0.688. The maximum absolute atomic E-state index is 12.0. The van der Waals surface area contributed by atoms with Gasteiger partial charge in [0.05, 0.1) is 11.8 Å². The number of nitrogens with one attached hydrogen (secondary N) is 1. The first-order chi connectivity index (χ1) is 9.11. The van der Waals surface area contributed by atoms with Crippen LogP contribution in [0.25, 0.3) is 0 Å². The van der Waals surface area contributed by atoms with Gasteiger partial charge in [0.2, 0.25) is 0 Å². The highest BCUT2D eigenvalue weighted by molar-refractivity contribution is 6.30. The molecule has 1 aromatic carbocycles. The number of hydrogen-bond acceptors (Lipinski definition) is 2. The Hall–Kier alpha value is -2.25. The van der Waals surface area contributed by atoms with Gasteiger partial charge in [-0.05, 0) is 30.3 Å². The van der Waals surface area contributed by atoms with Crippen molar-refractivity contribution >= 4 is 17.5 Å². The zero-order chi connectivity index (χ0) is 13.8. The molecule has 96 valence electrons. The first kappa shape index (κ1) is 13.2. The third-order valence-corrected chi connectivity index (χ3v) is 3.01. The summed E-state index contributed by atoms with van der Waals surface area (Å²) in [7, 11) is 1.82. The predicted molar refractivity (Wildman–Crippen MR) is 72.7 cm³/mol. The normalized spacial score (nSPS) is 11.6. The van der Waals surface area contributed by atoms with Crippen LogP contribution in [0.15, 0.2) is 42.6 Å². The topological polar surface area (TPSA) is 57.8 Å². The van der Waals surface area contributed by atoms with Crippen molar-refractivity contribution in [3.63, 3.8) is 0 Å². The van der Waals surface area contributed by atoms with Crippen LogP contribution >= 0.6 is 11.6 Å². The number of carbonyl (C=O) groups excluding carboxylic acids is 1. The third kappa shape index (κ3) is 2.95. The largest absolute Gasteiger partial charge is 0.352 e. The lowest BCUT2D eigenvalue weighted by molar-refractivity contribution is 0.0944. The fourth-order valence-corrected chi connectivity index (χ4v) is 1.98. The molecule has 0 fully saturated rings. The van der Waals surface area contributed by atoms with E-state index >= 15 is 0 Å². The van der Waals surface area contributed by atoms with E-state index in [0.29, 0.717) is 10.6 Å². The SMILES string of the molecule is Cn1cccc1C(C#N)NC(=O)c1cccc(Cl)c1. The van der Waals surface area contributed by atoms with Crippen LogP contribution in [-0.2, 0) is 7.05 Å². The zero-order valence-electron chi connectivity index (χ0n) is 10.3. The molecule has 0 aliphatic heterocycles. The Balaban J connectivity index is 2.18. The highest BCUT2D eigenvalue weighted by Crippen LogP contribution is 2.15. The summed E-state index contributed by atoms with van der Waals surface area (Å²) >= 11 is 5.84. The van der Waals surface area contributed by atoms with Crippen LogP contribution in [0.4, 0.5) is 0 Å². The van der Waals surface area contributed by atoms with Gasteiger partial charge in [-0.1, -0.05) is 17.7 Å². The van der Waals surface area contributed by atoms with Crippen LogP contribution in [0.5, 0.6) is 0 Å². The summed E-state index contributed by atoms with van der Waals surface area (Å²) in [6.07, 6.45) is 1.82. The number of rotatable bonds is 3. The number of halogens is 1. The molecule has 1 amide bonds. The molecule has 1 aromatic heterocycles. The molecule has 0 spiro atoms. The van der Waals surface area contributed by atoms with Gasteiger partial charge >= 0.3 is 0 Å². The molecule has 0 radical (unpaired) electrons. The van der Waals surface area contributed by atoms with Crippen molar-refractivity contribution in [1.82, 2.24) is 9.88 Å². The summed E-state index contributed by atoms with van der Waals surface area (Å²) in [6, 6.07) is 11.6. The van der Waals surface area contributed by atoms with Gasteiger partial charge in [0.1, 0.15) is 0 Å². The smallest absolute Gasteiger partial charge is 0.252 e. The molecule has 1 N–H and O–H groups in total. The van der Waals surface area contributed by atoms with E-state index in [1.54, 1.807) is 34.9 Å². The number of aryl methyl sites for hydroxylation is 1. The molecule has 1 unspecified atom stereocenters. The number of aromatic nitrogens is 1. The maximum atomic E-state index is 12.0. The van der Waals surface area contributed by atoms with Gasteiger partial charge in [-0.2, -0.15) is 5.26 Å². The van der Waals surface area contributed by atoms with Gasteiger partial charge in [-0.25, -0.2) is 0 Å². The van der Waals surface area contributed by atoms with E-state index < -0.39 is 6.04 Å². The van der Waals surface area contributed by atoms with Crippen molar-refractivity contribution < 1.29 is 4.79 Å². The summed E-state index contributed by atoms with van der Waals surface area (Å²) < 4.78 is 1.80. The molecule has 19 heavy (non-hydrogen) atoms. The van der Waals surface area contributed by atoms with Crippen LogP contribution in [0, 0.1) is 11.3 Å². The minimum absolute atomic E-state index is 0.324. The average Bonchev–Trinajstić information content (AvgIpc) is 2.82. The molecule has 0 saturated carbocycles. The van der Waals surface area contributed by atoms with E-state index in [1.165, 1.54) is 0 Å². The molecule has 1 atom stereocenters. The second-order valence-corrected chi connectivity index (χ2v) is 4.53. The van der Waals surface area contributed by atoms with E-state index in [1.807, 2.05) is 19.3 Å². The molecular formula is C14H12ClN3O. The number of nitrogens with zero attached hydrogens (tertiary/aromatic N) is 2. The molecule has 2 aromatic rings. The summed E-state index contributed by atoms with van der Waals surface area (Å²) in [4.78, 5) is 12.0. The lowest BCUT2D eigenvalue weighted by atomic mass is 10.1. The Bertz CT molecular complexity index is 642. The van der Waals surface area contributed by atoms with Gasteiger partial charge in [-0.3, -0.25) is 4.79 Å². The Labute approximate surface area is 116 Å². The third-order valence-electron chi connectivity index (χ3n) is 2.77. The Morgan fingerprint density at radius 2 is 2.21 bits per heavy atom. The summed E-state index contributed by atoms with van der Waals surface area (Å²) in [5, 5.41) is 12.3. The second kappa shape index (κ2) is 5.59. The Morgan fingerprint density at radius 1 is 1.42 bits per heavy atom. The van der Waals surface area contributed by atoms with Crippen molar-refractivity contribution in [1.29, 1.82) is 5.26 Å². The fourth-order valence-electron chi connectivity index (χ4n) is 1.79. The van der Waals surface area contributed by atoms with Crippen molar-refractivity contribution in [3.05, 3.63) is 58.9 Å². The van der Waals surface area contributed by atoms with Gasteiger partial charge in [0.15, 0.2) is 6.04 Å². The van der Waals surface area contributed by atoms with Crippen molar-refractivity contribution in [2.75, 3.05) is 0 Å². The zero-order valence-corrected chi connectivity index (χ0v) is 11.1. The fraction of sp³-hybridized carbons (Fsp3) is 0.143. The van der Waals surface area contributed by atoms with Crippen molar-refractivity contribution in [2.24, 2.45) is 7.05 Å². The molecule has 0 bridgehead atoms. The minimum Gasteiger partial charge on any atom is -0.352 e. The second-order valence-electron chi connectivity index (χ2n) is 4.09. The van der Waals surface area contributed by atoms with E-state index in [9.17, 15) is 4.79 Å². The van der Waals surface area contributed by atoms with E-state index in [4.69, 9.17) is 16.9 Å². The van der Waals surface area contributed by atoms with Crippen molar-refractivity contribution in [2.45, 2.75) is 6.04 Å². The number of carbonyl (C=O) groups is 1. The van der Waals surface area contributed by atoms with E-state index in [-0.39, 0.29) is 5.91 Å². The maximum Gasteiger partial charge on any atom is 0.252 e. The molecule has 0 aliphatic carbocycles. The van der Waals surface area contributed by atoms with Crippen LogP contribution in [0.3, 0.4) is 0 Å². The summed E-state index contributed by atoms with van der Waals surface area (Å²) in [5.41, 5.74) is 1.17. The molecule has 4 nitrogen and oxygen atoms in total. The highest BCUT2D eigenvalue weighted by atomic mass is 35.5. The number of amides is 1. The van der Waals surface area contributed by atoms with Gasteiger partial charge in [0.25, 0.3) is 5.91 Å². The summed E-state index contributed by atoms with van der Waals surface area (Å²) in [6.45, 7) is 0. The van der Waals surface area contributed by atoms with Gasteiger partial charge in [-0.15, -0.1) is 0 Å². The quantitative estimate of drug-likeness (QED) is 0.935. The monoisotopic (exact) mass is 273 g/mol. The molecule has 0 saturated heterocycles. The molecule has 5 heteroatoms. The lowest BCUT2D eigenvalue weighted by Crippen LogP contribution is -2.28. The average molecular weight is 274 g/mol.